The number of carbonyl (C=O) groups is 3. The quantitative estimate of drug-likeness (QED) is 0.0260. The van der Waals surface area contributed by atoms with Crippen LogP contribution in [0, 0.1) is 0 Å². The second-order valence-electron chi connectivity index (χ2n) is 17.3. The van der Waals surface area contributed by atoms with E-state index in [1.165, 1.54) is 96.3 Å². The molecule has 0 saturated carbocycles. The molecular formula is C53H91NO7. The summed E-state index contributed by atoms with van der Waals surface area (Å²) in [6, 6.07) is -0.738. The van der Waals surface area contributed by atoms with E-state index < -0.39 is 18.1 Å². The van der Waals surface area contributed by atoms with E-state index in [0.717, 1.165) is 57.8 Å². The van der Waals surface area contributed by atoms with Crippen LogP contribution >= 0.6 is 0 Å². The first-order chi connectivity index (χ1) is 29.6. The van der Waals surface area contributed by atoms with Gasteiger partial charge in [-0.1, -0.05) is 170 Å². The number of carboxylic acids is 1. The van der Waals surface area contributed by atoms with Gasteiger partial charge >= 0.3 is 11.9 Å². The largest absolute Gasteiger partial charge is 0.544 e. The summed E-state index contributed by atoms with van der Waals surface area (Å²) in [4.78, 5) is 37.0. The van der Waals surface area contributed by atoms with Crippen LogP contribution in [-0.2, 0) is 28.6 Å². The lowest BCUT2D eigenvalue weighted by atomic mass is 10.1. The maximum absolute atomic E-state index is 12.7. The van der Waals surface area contributed by atoms with Crippen molar-refractivity contribution in [2.75, 3.05) is 41.0 Å². The van der Waals surface area contributed by atoms with Crippen LogP contribution in [0.15, 0.2) is 72.9 Å². The summed E-state index contributed by atoms with van der Waals surface area (Å²) in [7, 11) is 5.39. The number of hydrogen-bond donors (Lipinski definition) is 0. The van der Waals surface area contributed by atoms with Crippen molar-refractivity contribution in [3.63, 3.8) is 0 Å². The molecule has 350 valence electrons. The summed E-state index contributed by atoms with van der Waals surface area (Å²) < 4.78 is 17.2. The van der Waals surface area contributed by atoms with Crippen molar-refractivity contribution in [3.05, 3.63) is 72.9 Å². The molecule has 0 aromatic rings. The highest BCUT2D eigenvalue weighted by Gasteiger charge is 2.25. The minimum absolute atomic E-state index is 0.0168. The summed E-state index contributed by atoms with van der Waals surface area (Å²) in [5.41, 5.74) is 0. The first kappa shape index (κ1) is 57.8. The van der Waals surface area contributed by atoms with Gasteiger partial charge in [-0.3, -0.25) is 9.59 Å². The molecule has 0 bridgehead atoms. The average molecular weight is 854 g/mol. The number of likely N-dealkylation sites (N-methyl/N-ethyl adjacent to an activating group) is 1. The van der Waals surface area contributed by atoms with Crippen molar-refractivity contribution in [3.8, 4) is 0 Å². The first-order valence-electron chi connectivity index (χ1n) is 24.5. The first-order valence-corrected chi connectivity index (χ1v) is 24.5. The van der Waals surface area contributed by atoms with E-state index in [4.69, 9.17) is 14.2 Å². The van der Waals surface area contributed by atoms with Crippen LogP contribution in [0.4, 0.5) is 0 Å². The zero-order chi connectivity index (χ0) is 44.9. The van der Waals surface area contributed by atoms with Gasteiger partial charge in [0.2, 0.25) is 0 Å². The molecule has 0 N–H and O–H groups in total. The maximum atomic E-state index is 12.7. The summed E-state index contributed by atoms with van der Waals surface area (Å²) in [5, 5.41) is 11.6. The van der Waals surface area contributed by atoms with Crippen LogP contribution < -0.4 is 5.11 Å². The van der Waals surface area contributed by atoms with E-state index in [1.807, 2.05) is 0 Å². The molecule has 2 atom stereocenters. The van der Waals surface area contributed by atoms with Crippen LogP contribution in [0.5, 0.6) is 0 Å². The molecule has 0 radical (unpaired) electrons. The van der Waals surface area contributed by atoms with Crippen molar-refractivity contribution < 1.29 is 38.2 Å². The molecule has 8 heteroatoms. The van der Waals surface area contributed by atoms with Gasteiger partial charge in [0.25, 0.3) is 0 Å². The van der Waals surface area contributed by atoms with Gasteiger partial charge in [0, 0.05) is 19.3 Å². The Labute approximate surface area is 374 Å². The van der Waals surface area contributed by atoms with E-state index >= 15 is 0 Å². The summed E-state index contributed by atoms with van der Waals surface area (Å²) >= 11 is 0. The van der Waals surface area contributed by atoms with E-state index in [-0.39, 0.29) is 49.1 Å². The summed E-state index contributed by atoms with van der Waals surface area (Å²) in [5.74, 6) is -1.81. The summed E-state index contributed by atoms with van der Waals surface area (Å²) in [6.07, 6.45) is 55.1. The van der Waals surface area contributed by atoms with Gasteiger partial charge in [-0.05, 0) is 77.0 Å². The Bertz CT molecular complexity index is 1230. The number of allylic oxidation sites excluding steroid dienone is 12. The minimum Gasteiger partial charge on any atom is -0.544 e. The molecule has 0 spiro atoms. The fourth-order valence-corrected chi connectivity index (χ4v) is 6.81. The predicted molar refractivity (Wildman–Crippen MR) is 254 cm³/mol. The molecule has 0 fully saturated rings. The van der Waals surface area contributed by atoms with E-state index in [2.05, 4.69) is 86.8 Å². The van der Waals surface area contributed by atoms with Crippen molar-refractivity contribution in [1.29, 1.82) is 0 Å². The number of aliphatic carboxylic acids is 1. The normalized spacial score (nSPS) is 13.5. The number of nitrogens with zero attached hydrogens (tertiary/aromatic N) is 1. The number of rotatable bonds is 43. The number of quaternary nitrogens is 1. The molecule has 2 unspecified atom stereocenters. The third-order valence-electron chi connectivity index (χ3n) is 10.6. The molecule has 8 nitrogen and oxygen atoms in total. The topological polar surface area (TPSA) is 102 Å². The monoisotopic (exact) mass is 854 g/mol. The Morgan fingerprint density at radius 1 is 0.508 bits per heavy atom. The average Bonchev–Trinajstić information content (AvgIpc) is 3.22. The Hall–Kier alpha value is -3.23. The SMILES string of the molecule is CC/C=C/C/C=C/C/C=C/CCCCCCCCCCCCC(=O)OCC(COCCC(C(=O)[O-])[N+](C)(C)C)OC(=O)CCC/C=C/C/C=C/C/C=C/CCCCCCCC. The van der Waals surface area contributed by atoms with Crippen molar-refractivity contribution >= 4 is 17.9 Å². The van der Waals surface area contributed by atoms with E-state index in [1.54, 1.807) is 21.1 Å². The number of unbranched alkanes of at least 4 members (excludes halogenated alkanes) is 17. The van der Waals surface area contributed by atoms with Gasteiger partial charge < -0.3 is 28.6 Å². The second kappa shape index (κ2) is 43.4. The van der Waals surface area contributed by atoms with Gasteiger partial charge in [0.15, 0.2) is 6.10 Å². The minimum atomic E-state index is -1.13. The molecular weight excluding hydrogens is 763 g/mol. The fraction of sp³-hybridized carbons (Fsp3) is 0.717. The van der Waals surface area contributed by atoms with Crippen LogP contribution in [-0.4, -0.2) is 75.5 Å². The van der Waals surface area contributed by atoms with Gasteiger partial charge in [0.1, 0.15) is 12.6 Å². The highest BCUT2D eigenvalue weighted by atomic mass is 16.6. The van der Waals surface area contributed by atoms with Crippen LogP contribution in [0.25, 0.3) is 0 Å². The third-order valence-corrected chi connectivity index (χ3v) is 10.6. The molecule has 0 aliphatic heterocycles. The van der Waals surface area contributed by atoms with E-state index in [9.17, 15) is 19.5 Å². The predicted octanol–water partition coefficient (Wildman–Crippen LogP) is 12.6. The highest BCUT2D eigenvalue weighted by Crippen LogP contribution is 2.14. The van der Waals surface area contributed by atoms with Gasteiger partial charge in [-0.25, -0.2) is 0 Å². The standard InChI is InChI=1S/C53H91NO7/c1-6-8-10-12-14-16-18-20-22-24-25-26-28-29-31-33-35-37-39-41-43-51(55)60-48-49(47-59-46-45-50(53(57)58)54(3,4)5)61-52(56)44-42-40-38-36-34-32-30-27-23-21-19-17-15-13-11-9-7-2/h8,10,14,16,20-23,30,32,36,38,49-50H,6-7,9,11-13,15,17-19,24-29,31,33-35,37,39-48H2,1-5H3/b10-8+,16-14+,22-20+,23-21+,32-30+,38-36+. The molecule has 0 aliphatic rings. The van der Waals surface area contributed by atoms with Crippen molar-refractivity contribution in [2.45, 2.75) is 206 Å². The molecule has 0 rings (SSSR count). The highest BCUT2D eigenvalue weighted by molar-refractivity contribution is 5.70. The van der Waals surface area contributed by atoms with Gasteiger partial charge in [-0.2, -0.15) is 0 Å². The number of carboxylic acid groups (broad SMARTS) is 1. The lowest BCUT2D eigenvalue weighted by molar-refractivity contribution is -0.889. The smallest absolute Gasteiger partial charge is 0.306 e. The van der Waals surface area contributed by atoms with Gasteiger partial charge in [0.05, 0.1) is 40.3 Å². The Morgan fingerprint density at radius 3 is 1.41 bits per heavy atom. The van der Waals surface area contributed by atoms with Crippen LogP contribution in [0.2, 0.25) is 0 Å². The molecule has 0 aromatic carbocycles. The second-order valence-corrected chi connectivity index (χ2v) is 17.3. The van der Waals surface area contributed by atoms with E-state index in [0.29, 0.717) is 12.8 Å². The lowest BCUT2D eigenvalue weighted by Gasteiger charge is -2.34. The third kappa shape index (κ3) is 41.9. The molecule has 0 heterocycles. The van der Waals surface area contributed by atoms with Crippen LogP contribution in [0.1, 0.15) is 194 Å². The molecule has 0 amide bonds. The number of ether oxygens (including phenoxy) is 3. The molecule has 0 aromatic heterocycles. The fourth-order valence-electron chi connectivity index (χ4n) is 6.81. The van der Waals surface area contributed by atoms with Crippen molar-refractivity contribution in [1.82, 2.24) is 0 Å². The summed E-state index contributed by atoms with van der Waals surface area (Å²) in [6.45, 7) is 4.49. The zero-order valence-electron chi connectivity index (χ0n) is 39.8. The maximum Gasteiger partial charge on any atom is 0.306 e. The molecule has 0 saturated heterocycles. The lowest BCUT2D eigenvalue weighted by Crippen LogP contribution is -2.55. The Morgan fingerprint density at radius 2 is 0.934 bits per heavy atom. The van der Waals surface area contributed by atoms with Crippen molar-refractivity contribution in [2.24, 2.45) is 0 Å². The van der Waals surface area contributed by atoms with Gasteiger partial charge in [-0.15, -0.1) is 0 Å². The number of hydrogen-bond acceptors (Lipinski definition) is 7. The number of carbonyl (C=O) groups excluding carboxylic acids is 3. The number of esters is 2. The molecule has 0 aliphatic carbocycles. The Kier molecular flexibility index (Phi) is 41.1. The molecule has 61 heavy (non-hydrogen) atoms. The Balaban J connectivity index is 4.35. The zero-order valence-corrected chi connectivity index (χ0v) is 39.8. The van der Waals surface area contributed by atoms with Crippen LogP contribution in [0.3, 0.4) is 0 Å².